The van der Waals surface area contributed by atoms with Crippen molar-refractivity contribution in [1.82, 2.24) is 0 Å². The zero-order valence-corrected chi connectivity index (χ0v) is 12.5. The second-order valence-corrected chi connectivity index (χ2v) is 7.04. The van der Waals surface area contributed by atoms with Crippen LogP contribution in [0.25, 0.3) is 4.85 Å². The molecule has 3 heteroatoms. The summed E-state index contributed by atoms with van der Waals surface area (Å²) in [5.41, 5.74) is -0.519. The van der Waals surface area contributed by atoms with E-state index in [-0.39, 0.29) is 29.1 Å². The van der Waals surface area contributed by atoms with Crippen LogP contribution in [-0.4, -0.2) is 18.0 Å². The van der Waals surface area contributed by atoms with Crippen LogP contribution in [0.2, 0.25) is 0 Å². The quantitative estimate of drug-likeness (QED) is 0.675. The number of nitrogens with zero attached hydrogens (tertiary/aromatic N) is 1. The van der Waals surface area contributed by atoms with Crippen molar-refractivity contribution < 1.29 is 9.53 Å². The molecule has 0 radical (unpaired) electrons. The van der Waals surface area contributed by atoms with Gasteiger partial charge < -0.3 is 9.53 Å². The molecule has 3 nitrogen and oxygen atoms in total. The molecule has 0 aromatic heterocycles. The topological polar surface area (TPSA) is 30.7 Å². The number of allylic oxidation sites excluding steroid dienone is 1. The van der Waals surface area contributed by atoms with Crippen LogP contribution in [-0.2, 0) is 9.53 Å². The summed E-state index contributed by atoms with van der Waals surface area (Å²) in [6.45, 7) is 17.5. The largest absolute Gasteiger partial charge is 0.373 e. The summed E-state index contributed by atoms with van der Waals surface area (Å²) in [5, 5.41) is 0. The average Bonchev–Trinajstić information content (AvgIpc) is 2.33. The lowest BCUT2D eigenvalue weighted by atomic mass is 9.60. The lowest BCUT2D eigenvalue weighted by molar-refractivity contribution is -0.178. The van der Waals surface area contributed by atoms with Crippen molar-refractivity contribution in [3.63, 3.8) is 0 Å². The summed E-state index contributed by atoms with van der Waals surface area (Å²) in [6.07, 6.45) is 3.93. The summed E-state index contributed by atoms with van der Waals surface area (Å²) in [4.78, 5) is 15.8. The van der Waals surface area contributed by atoms with Crippen molar-refractivity contribution in [3.8, 4) is 0 Å². The van der Waals surface area contributed by atoms with E-state index >= 15 is 0 Å². The number of ether oxygens (including phenoxy) is 1. The van der Waals surface area contributed by atoms with Gasteiger partial charge in [0.05, 0.1) is 18.8 Å². The number of hydrogen-bond acceptors (Lipinski definition) is 2. The van der Waals surface area contributed by atoms with Gasteiger partial charge in [-0.3, -0.25) is 0 Å². The molecular formula is C16H23NO2. The van der Waals surface area contributed by atoms with Crippen LogP contribution in [0.1, 0.15) is 47.5 Å². The summed E-state index contributed by atoms with van der Waals surface area (Å²) < 4.78 is 6.26. The highest BCUT2D eigenvalue weighted by atomic mass is 16.5. The second-order valence-electron chi connectivity index (χ2n) is 7.04. The van der Waals surface area contributed by atoms with Crippen LogP contribution in [0, 0.1) is 23.3 Å². The molecule has 1 saturated heterocycles. The summed E-state index contributed by atoms with van der Waals surface area (Å²) in [6, 6.07) is 0. The Morgan fingerprint density at radius 3 is 2.58 bits per heavy atom. The first-order valence-electron chi connectivity index (χ1n) is 7.03. The number of carbonyl (C=O) groups excluding carboxylic acids is 1. The molecule has 1 aliphatic carbocycles. The van der Waals surface area contributed by atoms with Gasteiger partial charge in [0.25, 0.3) is 0 Å². The Morgan fingerprint density at radius 2 is 2.05 bits per heavy atom. The SMILES string of the molecule is [C-]#[N+]C1=C[C@@]2(C)CC[C@@H](C(C)C)O[C@@H]2C(C)(C)C1=O. The van der Waals surface area contributed by atoms with Crippen molar-refractivity contribution in [3.05, 3.63) is 23.2 Å². The van der Waals surface area contributed by atoms with Gasteiger partial charge in [0.2, 0.25) is 5.70 Å². The highest BCUT2D eigenvalue weighted by Gasteiger charge is 2.54. The predicted octanol–water partition coefficient (Wildman–Crippen LogP) is 3.61. The Labute approximate surface area is 115 Å². The molecule has 2 aliphatic rings. The van der Waals surface area contributed by atoms with Gasteiger partial charge in [-0.15, -0.1) is 0 Å². The van der Waals surface area contributed by atoms with E-state index in [0.29, 0.717) is 5.92 Å². The lowest BCUT2D eigenvalue weighted by Gasteiger charge is -2.52. The van der Waals surface area contributed by atoms with Crippen LogP contribution < -0.4 is 0 Å². The molecular weight excluding hydrogens is 238 g/mol. The minimum atomic E-state index is -0.614. The van der Waals surface area contributed by atoms with E-state index in [1.807, 2.05) is 19.9 Å². The van der Waals surface area contributed by atoms with Crippen molar-refractivity contribution in [2.45, 2.75) is 59.7 Å². The maximum absolute atomic E-state index is 12.4. The van der Waals surface area contributed by atoms with E-state index in [1.54, 1.807) is 0 Å². The standard InChI is InChI=1S/C16H23NO2/c1-10(2)12-7-8-16(5)9-11(17-6)13(18)15(3,4)14(16)19-12/h9-10,12,14H,7-8H2,1-5H3/t12-,14+,16+/m0/s1. The summed E-state index contributed by atoms with van der Waals surface area (Å²) >= 11 is 0. The van der Waals surface area contributed by atoms with Gasteiger partial charge in [-0.2, -0.15) is 0 Å². The summed E-state index contributed by atoms with van der Waals surface area (Å²) in [5.74, 6) is 0.385. The first-order chi connectivity index (χ1) is 8.72. The maximum Gasteiger partial charge on any atom is 0.226 e. The van der Waals surface area contributed by atoms with E-state index < -0.39 is 5.41 Å². The number of hydrogen-bond donors (Lipinski definition) is 0. The van der Waals surface area contributed by atoms with E-state index in [2.05, 4.69) is 25.6 Å². The predicted molar refractivity (Wildman–Crippen MR) is 74.3 cm³/mol. The third-order valence-corrected chi connectivity index (χ3v) is 4.68. The number of carbonyl (C=O) groups is 1. The smallest absolute Gasteiger partial charge is 0.226 e. The van der Waals surface area contributed by atoms with E-state index in [0.717, 1.165) is 12.8 Å². The third-order valence-electron chi connectivity index (χ3n) is 4.68. The van der Waals surface area contributed by atoms with Crippen LogP contribution >= 0.6 is 0 Å². The zero-order valence-electron chi connectivity index (χ0n) is 12.5. The molecule has 19 heavy (non-hydrogen) atoms. The molecule has 1 aliphatic heterocycles. The summed E-state index contributed by atoms with van der Waals surface area (Å²) in [7, 11) is 0. The molecule has 0 spiro atoms. The molecule has 3 atom stereocenters. The number of Topliss-reactive ketones (excluding diaryl/α,β-unsaturated/α-hetero) is 1. The monoisotopic (exact) mass is 261 g/mol. The Kier molecular flexibility index (Phi) is 3.35. The highest BCUT2D eigenvalue weighted by molar-refractivity contribution is 6.02. The molecule has 0 N–H and O–H groups in total. The first kappa shape index (κ1) is 14.3. The molecule has 1 heterocycles. The van der Waals surface area contributed by atoms with Crippen LogP contribution in [0.5, 0.6) is 0 Å². The van der Waals surface area contributed by atoms with Crippen LogP contribution in [0.15, 0.2) is 11.8 Å². The van der Waals surface area contributed by atoms with Crippen LogP contribution in [0.4, 0.5) is 0 Å². The fourth-order valence-electron chi connectivity index (χ4n) is 3.53. The number of ketones is 1. The third kappa shape index (κ3) is 2.12. The Bertz CT molecular complexity index is 470. The van der Waals surface area contributed by atoms with Crippen molar-refractivity contribution in [2.75, 3.05) is 0 Å². The van der Waals surface area contributed by atoms with Gasteiger partial charge in [-0.05, 0) is 18.8 Å². The fourth-order valence-corrected chi connectivity index (χ4v) is 3.53. The molecule has 0 unspecified atom stereocenters. The normalized spacial score (nSPS) is 37.5. The van der Waals surface area contributed by atoms with Gasteiger partial charge in [-0.25, -0.2) is 4.85 Å². The fraction of sp³-hybridized carbons (Fsp3) is 0.750. The van der Waals surface area contributed by atoms with Crippen molar-refractivity contribution >= 4 is 5.78 Å². The van der Waals surface area contributed by atoms with Gasteiger partial charge in [0.15, 0.2) is 5.78 Å². The lowest BCUT2D eigenvalue weighted by Crippen LogP contribution is -2.56. The van der Waals surface area contributed by atoms with Crippen molar-refractivity contribution in [1.29, 1.82) is 0 Å². The van der Waals surface area contributed by atoms with E-state index in [9.17, 15) is 4.79 Å². The molecule has 2 rings (SSSR count). The van der Waals surface area contributed by atoms with Gasteiger partial charge >= 0.3 is 0 Å². The highest BCUT2D eigenvalue weighted by Crippen LogP contribution is 2.51. The van der Waals surface area contributed by atoms with Gasteiger partial charge in [-0.1, -0.05) is 40.7 Å². The molecule has 0 saturated carbocycles. The molecule has 104 valence electrons. The molecule has 1 fully saturated rings. The minimum Gasteiger partial charge on any atom is -0.373 e. The Hall–Kier alpha value is -1.14. The number of fused-ring (bicyclic) bond motifs is 1. The van der Waals surface area contributed by atoms with E-state index in [1.165, 1.54) is 0 Å². The van der Waals surface area contributed by atoms with Crippen molar-refractivity contribution in [2.24, 2.45) is 16.7 Å². The molecule has 0 aromatic rings. The van der Waals surface area contributed by atoms with E-state index in [4.69, 9.17) is 11.3 Å². The van der Waals surface area contributed by atoms with Crippen LogP contribution in [0.3, 0.4) is 0 Å². The first-order valence-corrected chi connectivity index (χ1v) is 7.03. The maximum atomic E-state index is 12.4. The molecule has 0 bridgehead atoms. The Morgan fingerprint density at radius 1 is 1.42 bits per heavy atom. The molecule has 0 aromatic carbocycles. The second kappa shape index (κ2) is 4.45. The Balaban J connectivity index is 2.43. The zero-order chi connectivity index (χ0) is 14.4. The average molecular weight is 261 g/mol. The molecule has 0 amide bonds. The van der Waals surface area contributed by atoms with Gasteiger partial charge in [0, 0.05) is 10.8 Å². The van der Waals surface area contributed by atoms with Gasteiger partial charge in [0.1, 0.15) is 0 Å². The number of rotatable bonds is 1. The minimum absolute atomic E-state index is 0.0746.